The number of pyridine rings is 1. The Morgan fingerprint density at radius 1 is 1.25 bits per heavy atom. The lowest BCUT2D eigenvalue weighted by Gasteiger charge is -2.14. The summed E-state index contributed by atoms with van der Waals surface area (Å²) in [5.41, 5.74) is 1.50. The van der Waals surface area contributed by atoms with Crippen LogP contribution in [-0.4, -0.2) is 30.6 Å². The number of ether oxygens (including phenoxy) is 2. The van der Waals surface area contributed by atoms with Crippen LogP contribution < -0.4 is 10.1 Å². The van der Waals surface area contributed by atoms with Crippen LogP contribution in [0.4, 0.5) is 13.2 Å². The molecule has 0 aliphatic heterocycles. The Bertz CT molecular complexity index is 423. The summed E-state index contributed by atoms with van der Waals surface area (Å²) in [6.07, 6.45) is -4.63. The van der Waals surface area contributed by atoms with Crippen LogP contribution in [-0.2, 0) is 11.3 Å². The van der Waals surface area contributed by atoms with E-state index < -0.39 is 13.0 Å². The SMILES string of the molecule is Cc1ccc(OCCOC(F)(F)F)c(CNC(C)C)n1. The first-order valence-electron chi connectivity index (χ1n) is 6.31. The number of aryl methyl sites for hydroxylation is 1. The highest BCUT2D eigenvalue weighted by Crippen LogP contribution is 2.18. The zero-order valence-corrected chi connectivity index (χ0v) is 11.8. The van der Waals surface area contributed by atoms with Crippen molar-refractivity contribution in [3.05, 3.63) is 23.5 Å². The quantitative estimate of drug-likeness (QED) is 0.785. The number of rotatable bonds is 7. The van der Waals surface area contributed by atoms with Gasteiger partial charge in [0.25, 0.3) is 0 Å². The lowest BCUT2D eigenvalue weighted by atomic mass is 10.2. The molecule has 0 atom stereocenters. The molecule has 1 rings (SSSR count). The molecule has 0 fully saturated rings. The standard InChI is InChI=1S/C13H19F3N2O2/c1-9(2)17-8-11-12(5-4-10(3)18-11)19-6-7-20-13(14,15)16/h4-5,9,17H,6-8H2,1-3H3. The van der Waals surface area contributed by atoms with E-state index in [1.165, 1.54) is 0 Å². The molecule has 1 heterocycles. The van der Waals surface area contributed by atoms with E-state index in [9.17, 15) is 13.2 Å². The van der Waals surface area contributed by atoms with E-state index in [-0.39, 0.29) is 12.6 Å². The minimum atomic E-state index is -4.63. The third kappa shape index (κ3) is 6.72. The fourth-order valence-corrected chi connectivity index (χ4v) is 1.47. The smallest absolute Gasteiger partial charge is 0.489 e. The second-order valence-electron chi connectivity index (χ2n) is 4.58. The van der Waals surface area contributed by atoms with Gasteiger partial charge in [-0.25, -0.2) is 0 Å². The van der Waals surface area contributed by atoms with Gasteiger partial charge in [-0.1, -0.05) is 13.8 Å². The summed E-state index contributed by atoms with van der Waals surface area (Å²) in [6, 6.07) is 3.73. The molecule has 0 spiro atoms. The number of halogens is 3. The van der Waals surface area contributed by atoms with Crippen molar-refractivity contribution in [2.75, 3.05) is 13.2 Å². The summed E-state index contributed by atoms with van der Waals surface area (Å²) >= 11 is 0. The first-order valence-corrected chi connectivity index (χ1v) is 6.31. The zero-order chi connectivity index (χ0) is 15.2. The molecule has 0 aliphatic carbocycles. The number of aromatic nitrogens is 1. The highest BCUT2D eigenvalue weighted by Gasteiger charge is 2.28. The van der Waals surface area contributed by atoms with Crippen molar-refractivity contribution in [3.63, 3.8) is 0 Å². The van der Waals surface area contributed by atoms with Gasteiger partial charge in [0.2, 0.25) is 0 Å². The number of nitrogens with one attached hydrogen (secondary N) is 1. The summed E-state index contributed by atoms with van der Waals surface area (Å²) in [4.78, 5) is 4.32. The van der Waals surface area contributed by atoms with E-state index in [1.54, 1.807) is 12.1 Å². The molecule has 0 saturated carbocycles. The Hall–Kier alpha value is -1.34. The maximum absolute atomic E-state index is 11.8. The minimum absolute atomic E-state index is 0.182. The van der Waals surface area contributed by atoms with Crippen molar-refractivity contribution in [2.24, 2.45) is 0 Å². The maximum atomic E-state index is 11.8. The third-order valence-electron chi connectivity index (χ3n) is 2.36. The van der Waals surface area contributed by atoms with Gasteiger partial charge in [0.05, 0.1) is 12.3 Å². The summed E-state index contributed by atoms with van der Waals surface area (Å²) in [5, 5.41) is 3.19. The molecule has 0 saturated heterocycles. The molecule has 0 amide bonds. The number of hydrogen-bond donors (Lipinski definition) is 1. The predicted octanol–water partition coefficient (Wildman–Crippen LogP) is 2.80. The van der Waals surface area contributed by atoms with E-state index in [4.69, 9.17) is 4.74 Å². The second-order valence-corrected chi connectivity index (χ2v) is 4.58. The number of nitrogens with zero attached hydrogens (tertiary/aromatic N) is 1. The number of alkyl halides is 3. The monoisotopic (exact) mass is 292 g/mol. The van der Waals surface area contributed by atoms with Crippen LogP contribution in [0.5, 0.6) is 5.75 Å². The highest BCUT2D eigenvalue weighted by molar-refractivity contribution is 5.29. The van der Waals surface area contributed by atoms with Crippen molar-refractivity contribution in [3.8, 4) is 5.75 Å². The van der Waals surface area contributed by atoms with Gasteiger partial charge in [-0.3, -0.25) is 9.72 Å². The Kier molecular flexibility index (Phi) is 6.22. The van der Waals surface area contributed by atoms with Crippen LogP contribution in [0.3, 0.4) is 0 Å². The van der Waals surface area contributed by atoms with Crippen LogP contribution in [0.15, 0.2) is 12.1 Å². The van der Waals surface area contributed by atoms with Crippen LogP contribution in [0, 0.1) is 6.92 Å². The topological polar surface area (TPSA) is 43.4 Å². The van der Waals surface area contributed by atoms with Gasteiger partial charge in [0.15, 0.2) is 0 Å². The van der Waals surface area contributed by atoms with Crippen molar-refractivity contribution in [1.82, 2.24) is 10.3 Å². The highest BCUT2D eigenvalue weighted by atomic mass is 19.4. The lowest BCUT2D eigenvalue weighted by Crippen LogP contribution is -2.23. The third-order valence-corrected chi connectivity index (χ3v) is 2.36. The molecular weight excluding hydrogens is 273 g/mol. The van der Waals surface area contributed by atoms with Crippen LogP contribution in [0.2, 0.25) is 0 Å². The Morgan fingerprint density at radius 2 is 1.95 bits per heavy atom. The molecular formula is C13H19F3N2O2. The summed E-state index contributed by atoms with van der Waals surface area (Å²) in [6.45, 7) is 5.60. The molecule has 114 valence electrons. The zero-order valence-electron chi connectivity index (χ0n) is 11.8. The minimum Gasteiger partial charge on any atom is -0.489 e. The molecule has 1 aromatic heterocycles. The van der Waals surface area contributed by atoms with E-state index in [0.29, 0.717) is 18.0 Å². The largest absolute Gasteiger partial charge is 0.522 e. The van der Waals surface area contributed by atoms with Crippen LogP contribution in [0.1, 0.15) is 25.2 Å². The van der Waals surface area contributed by atoms with Crippen molar-refractivity contribution >= 4 is 0 Å². The van der Waals surface area contributed by atoms with Gasteiger partial charge in [0, 0.05) is 18.3 Å². The second kappa shape index (κ2) is 7.44. The first-order chi connectivity index (χ1) is 9.28. The summed E-state index contributed by atoms with van der Waals surface area (Å²) < 4.78 is 44.4. The van der Waals surface area contributed by atoms with E-state index in [1.807, 2.05) is 20.8 Å². The average Bonchev–Trinajstić information content (AvgIpc) is 2.32. The fourth-order valence-electron chi connectivity index (χ4n) is 1.47. The molecule has 1 N–H and O–H groups in total. The van der Waals surface area contributed by atoms with Gasteiger partial charge >= 0.3 is 6.36 Å². The van der Waals surface area contributed by atoms with Gasteiger partial charge in [-0.05, 0) is 19.1 Å². The van der Waals surface area contributed by atoms with Crippen LogP contribution in [0.25, 0.3) is 0 Å². The molecule has 0 aliphatic rings. The molecule has 7 heteroatoms. The molecule has 1 aromatic rings. The Morgan fingerprint density at radius 3 is 2.55 bits per heavy atom. The van der Waals surface area contributed by atoms with Gasteiger partial charge < -0.3 is 10.1 Å². The van der Waals surface area contributed by atoms with Crippen LogP contribution >= 0.6 is 0 Å². The van der Waals surface area contributed by atoms with Crippen molar-refractivity contribution in [2.45, 2.75) is 39.7 Å². The summed E-state index contributed by atoms with van der Waals surface area (Å²) in [5.74, 6) is 0.467. The average molecular weight is 292 g/mol. The van der Waals surface area contributed by atoms with Crippen molar-refractivity contribution in [1.29, 1.82) is 0 Å². The van der Waals surface area contributed by atoms with Gasteiger partial charge in [-0.15, -0.1) is 13.2 Å². The molecule has 20 heavy (non-hydrogen) atoms. The number of hydrogen-bond acceptors (Lipinski definition) is 4. The van der Waals surface area contributed by atoms with E-state index in [0.717, 1.165) is 5.69 Å². The van der Waals surface area contributed by atoms with Gasteiger partial charge in [-0.2, -0.15) is 0 Å². The van der Waals surface area contributed by atoms with E-state index in [2.05, 4.69) is 15.0 Å². The summed E-state index contributed by atoms with van der Waals surface area (Å²) in [7, 11) is 0. The normalized spacial score (nSPS) is 11.9. The Labute approximate surface area is 116 Å². The lowest BCUT2D eigenvalue weighted by molar-refractivity contribution is -0.325. The molecule has 0 unspecified atom stereocenters. The predicted molar refractivity (Wildman–Crippen MR) is 68.5 cm³/mol. The Balaban J connectivity index is 2.55. The first kappa shape index (κ1) is 16.7. The van der Waals surface area contributed by atoms with Gasteiger partial charge in [0.1, 0.15) is 12.4 Å². The molecule has 0 aromatic carbocycles. The molecule has 4 nitrogen and oxygen atoms in total. The maximum Gasteiger partial charge on any atom is 0.522 e. The fraction of sp³-hybridized carbons (Fsp3) is 0.615. The van der Waals surface area contributed by atoms with Crippen molar-refractivity contribution < 1.29 is 22.6 Å². The van der Waals surface area contributed by atoms with E-state index >= 15 is 0 Å². The molecule has 0 radical (unpaired) electrons. The molecule has 0 bridgehead atoms.